The van der Waals surface area contributed by atoms with Crippen LogP contribution in [0.15, 0.2) is 16.6 Å². The number of aliphatic hydroxyl groups excluding tert-OH is 1. The number of aliphatic hydroxyl groups is 1. The number of amides is 2. The maximum absolute atomic E-state index is 13.8. The van der Waals surface area contributed by atoms with Gasteiger partial charge in [0.15, 0.2) is 11.6 Å². The van der Waals surface area contributed by atoms with Crippen LogP contribution in [0.1, 0.15) is 33.6 Å². The zero-order chi connectivity index (χ0) is 19.2. The van der Waals surface area contributed by atoms with Gasteiger partial charge in [0.05, 0.1) is 0 Å². The largest absolute Gasteiger partial charge is 0.444 e. The zero-order valence-electron chi connectivity index (χ0n) is 14.2. The van der Waals surface area contributed by atoms with Crippen LogP contribution in [0.2, 0.25) is 0 Å². The third kappa shape index (κ3) is 7.35. The number of halogens is 3. The molecule has 1 atom stereocenters. The van der Waals surface area contributed by atoms with Gasteiger partial charge in [0, 0.05) is 11.1 Å². The molecule has 0 aliphatic rings. The maximum atomic E-state index is 13.8. The number of hydrogen-bond donors (Lipinski definition) is 3. The van der Waals surface area contributed by atoms with E-state index >= 15 is 0 Å². The Balaban J connectivity index is 2.88. The molecule has 0 aliphatic heterocycles. The van der Waals surface area contributed by atoms with Gasteiger partial charge in [-0.15, -0.1) is 0 Å². The summed E-state index contributed by atoms with van der Waals surface area (Å²) in [5.74, 6) is -2.74. The number of hydrogen-bond acceptors (Lipinski definition) is 4. The quantitative estimate of drug-likeness (QED) is 0.655. The predicted octanol–water partition coefficient (Wildman–Crippen LogP) is 3.33. The van der Waals surface area contributed by atoms with Crippen LogP contribution in [0.4, 0.5) is 19.3 Å². The van der Waals surface area contributed by atoms with Gasteiger partial charge in [-0.05, 0) is 45.7 Å². The van der Waals surface area contributed by atoms with Gasteiger partial charge in [-0.25, -0.2) is 13.6 Å². The van der Waals surface area contributed by atoms with Crippen LogP contribution in [0.3, 0.4) is 0 Å². The summed E-state index contributed by atoms with van der Waals surface area (Å²) >= 11 is 2.94. The van der Waals surface area contributed by atoms with Gasteiger partial charge >= 0.3 is 6.09 Å². The Bertz CT molecular complexity index is 612. The first-order chi connectivity index (χ1) is 11.5. The average Bonchev–Trinajstić information content (AvgIpc) is 2.45. The van der Waals surface area contributed by atoms with E-state index in [1.54, 1.807) is 20.8 Å². The molecule has 2 amide bonds. The summed E-state index contributed by atoms with van der Waals surface area (Å²) in [6.45, 7) is 4.76. The number of alkyl carbamates (subject to hydrolysis) is 1. The highest BCUT2D eigenvalue weighted by atomic mass is 79.9. The van der Waals surface area contributed by atoms with E-state index in [4.69, 9.17) is 9.84 Å². The van der Waals surface area contributed by atoms with E-state index in [1.165, 1.54) is 0 Å². The number of rotatable bonds is 6. The molecule has 0 unspecified atom stereocenters. The molecule has 140 valence electrons. The van der Waals surface area contributed by atoms with Gasteiger partial charge in [0.25, 0.3) is 0 Å². The Hall–Kier alpha value is -1.74. The van der Waals surface area contributed by atoms with Crippen LogP contribution < -0.4 is 10.6 Å². The van der Waals surface area contributed by atoms with Gasteiger partial charge in [-0.2, -0.15) is 0 Å². The normalized spacial score (nSPS) is 12.4. The third-order valence-corrected chi connectivity index (χ3v) is 3.37. The van der Waals surface area contributed by atoms with E-state index in [2.05, 4.69) is 26.6 Å². The number of ether oxygens (including phenoxy) is 1. The van der Waals surface area contributed by atoms with Crippen LogP contribution in [-0.2, 0) is 9.53 Å². The van der Waals surface area contributed by atoms with Crippen molar-refractivity contribution in [2.45, 2.75) is 45.3 Å². The van der Waals surface area contributed by atoms with Crippen molar-refractivity contribution >= 4 is 33.6 Å². The summed E-state index contributed by atoms with van der Waals surface area (Å²) in [4.78, 5) is 24.1. The van der Waals surface area contributed by atoms with E-state index in [0.717, 1.165) is 12.1 Å². The van der Waals surface area contributed by atoms with E-state index in [9.17, 15) is 18.4 Å². The summed E-state index contributed by atoms with van der Waals surface area (Å²) in [7, 11) is 0. The molecule has 0 heterocycles. The van der Waals surface area contributed by atoms with Crippen molar-refractivity contribution in [3.63, 3.8) is 0 Å². The van der Waals surface area contributed by atoms with Gasteiger partial charge in [0.2, 0.25) is 5.91 Å². The van der Waals surface area contributed by atoms with Crippen molar-refractivity contribution in [1.29, 1.82) is 0 Å². The zero-order valence-corrected chi connectivity index (χ0v) is 15.7. The molecule has 6 nitrogen and oxygen atoms in total. The monoisotopic (exact) mass is 422 g/mol. The Morgan fingerprint density at radius 2 is 1.84 bits per heavy atom. The van der Waals surface area contributed by atoms with Crippen LogP contribution in [0, 0.1) is 11.6 Å². The van der Waals surface area contributed by atoms with Gasteiger partial charge in [0.1, 0.15) is 17.3 Å². The summed E-state index contributed by atoms with van der Waals surface area (Å²) in [6, 6.07) is 0.885. The molecule has 0 aromatic heterocycles. The SMILES string of the molecule is CC(C)(C)OC(=O)N[C@H](CCCO)C(=O)Nc1c(F)cc(Br)cc1F. The second-order valence-electron chi connectivity index (χ2n) is 6.30. The summed E-state index contributed by atoms with van der Waals surface area (Å²) in [5.41, 5.74) is -1.39. The van der Waals surface area contributed by atoms with E-state index in [1.807, 2.05) is 0 Å². The smallest absolute Gasteiger partial charge is 0.408 e. The molecular formula is C16H21BrF2N2O4. The minimum atomic E-state index is -1.12. The van der Waals surface area contributed by atoms with E-state index in [-0.39, 0.29) is 23.9 Å². The van der Waals surface area contributed by atoms with Crippen molar-refractivity contribution in [3.05, 3.63) is 28.2 Å². The molecule has 0 bridgehead atoms. The lowest BCUT2D eigenvalue weighted by atomic mass is 10.1. The van der Waals surface area contributed by atoms with Crippen LogP contribution in [0.25, 0.3) is 0 Å². The van der Waals surface area contributed by atoms with Crippen molar-refractivity contribution in [1.82, 2.24) is 5.32 Å². The van der Waals surface area contributed by atoms with Crippen molar-refractivity contribution in [2.75, 3.05) is 11.9 Å². The van der Waals surface area contributed by atoms with Crippen molar-refractivity contribution < 1.29 is 28.2 Å². The first-order valence-electron chi connectivity index (χ1n) is 7.59. The minimum Gasteiger partial charge on any atom is -0.444 e. The second kappa shape index (κ2) is 9.10. The Kier molecular flexibility index (Phi) is 7.75. The third-order valence-electron chi connectivity index (χ3n) is 2.91. The summed E-state index contributed by atoms with van der Waals surface area (Å²) in [6.07, 6.45) is -0.567. The second-order valence-corrected chi connectivity index (χ2v) is 7.21. The summed E-state index contributed by atoms with van der Waals surface area (Å²) in [5, 5.41) is 13.4. The molecule has 1 aromatic carbocycles. The number of carbonyl (C=O) groups excluding carboxylic acids is 2. The van der Waals surface area contributed by atoms with Gasteiger partial charge < -0.3 is 20.5 Å². The number of anilines is 1. The molecule has 3 N–H and O–H groups in total. The average molecular weight is 423 g/mol. The molecule has 25 heavy (non-hydrogen) atoms. The first kappa shape index (κ1) is 21.3. The standard InChI is InChI=1S/C16H21BrF2N2O4/c1-16(2,3)25-15(24)20-12(5-4-6-22)14(23)21-13-10(18)7-9(17)8-11(13)19/h7-8,12,22H,4-6H2,1-3H3,(H,20,24)(H,21,23)/t12-/m1/s1. The number of carbonyl (C=O) groups is 2. The van der Waals surface area contributed by atoms with Gasteiger partial charge in [-0.3, -0.25) is 4.79 Å². The number of nitrogens with one attached hydrogen (secondary N) is 2. The summed E-state index contributed by atoms with van der Waals surface area (Å²) < 4.78 is 32.9. The fourth-order valence-electron chi connectivity index (χ4n) is 1.89. The molecule has 0 saturated heterocycles. The predicted molar refractivity (Wildman–Crippen MR) is 92.2 cm³/mol. The molecule has 0 spiro atoms. The fourth-order valence-corrected chi connectivity index (χ4v) is 2.29. The lowest BCUT2D eigenvalue weighted by molar-refractivity contribution is -0.118. The molecule has 0 fully saturated rings. The maximum Gasteiger partial charge on any atom is 0.408 e. The van der Waals surface area contributed by atoms with E-state index in [0.29, 0.717) is 0 Å². The number of benzene rings is 1. The Morgan fingerprint density at radius 3 is 2.32 bits per heavy atom. The Labute approximate surface area is 153 Å². The highest BCUT2D eigenvalue weighted by Gasteiger charge is 2.25. The first-order valence-corrected chi connectivity index (χ1v) is 8.38. The van der Waals surface area contributed by atoms with E-state index < -0.39 is 41.0 Å². The van der Waals surface area contributed by atoms with Crippen LogP contribution >= 0.6 is 15.9 Å². The molecular weight excluding hydrogens is 402 g/mol. The molecule has 1 rings (SSSR count). The van der Waals surface area contributed by atoms with Crippen LogP contribution in [0.5, 0.6) is 0 Å². The van der Waals surface area contributed by atoms with Gasteiger partial charge in [-0.1, -0.05) is 15.9 Å². The molecule has 0 saturated carbocycles. The Morgan fingerprint density at radius 1 is 1.28 bits per heavy atom. The fraction of sp³-hybridized carbons (Fsp3) is 0.500. The molecule has 0 radical (unpaired) electrons. The topological polar surface area (TPSA) is 87.7 Å². The van der Waals surface area contributed by atoms with Crippen LogP contribution in [-0.4, -0.2) is 35.4 Å². The lowest BCUT2D eigenvalue weighted by Gasteiger charge is -2.23. The molecule has 9 heteroatoms. The highest BCUT2D eigenvalue weighted by molar-refractivity contribution is 9.10. The van der Waals surface area contributed by atoms with Crippen molar-refractivity contribution in [2.24, 2.45) is 0 Å². The molecule has 0 aliphatic carbocycles. The lowest BCUT2D eigenvalue weighted by Crippen LogP contribution is -2.46. The minimum absolute atomic E-state index is 0.0708. The highest BCUT2D eigenvalue weighted by Crippen LogP contribution is 2.24. The molecule has 1 aromatic rings. The van der Waals surface area contributed by atoms with Crippen molar-refractivity contribution in [3.8, 4) is 0 Å².